The van der Waals surface area contributed by atoms with E-state index in [-0.39, 0.29) is 42.3 Å². The van der Waals surface area contributed by atoms with Crippen LogP contribution >= 0.6 is 0 Å². The number of ether oxygens (including phenoxy) is 2. The van der Waals surface area contributed by atoms with Crippen molar-refractivity contribution in [1.82, 2.24) is 4.90 Å². The predicted octanol–water partition coefficient (Wildman–Crippen LogP) is 6.26. The molecule has 4 aromatic rings. The minimum absolute atomic E-state index is 0.0686. The summed E-state index contributed by atoms with van der Waals surface area (Å²) in [5.74, 6) is 0.138. The molecule has 10 heteroatoms. The van der Waals surface area contributed by atoms with Gasteiger partial charge in [0, 0.05) is 35.1 Å². The van der Waals surface area contributed by atoms with Crippen LogP contribution in [-0.2, 0) is 24.7 Å². The monoisotopic (exact) mass is 703 g/mol. The molecule has 5 atom stereocenters. The van der Waals surface area contributed by atoms with Crippen LogP contribution in [-0.4, -0.2) is 68.7 Å². The molecule has 2 fully saturated rings. The molecule has 0 radical (unpaired) electrons. The van der Waals surface area contributed by atoms with Gasteiger partial charge in [-0.1, -0.05) is 73.7 Å². The molecule has 51 heavy (non-hydrogen) atoms. The smallest absolute Gasteiger partial charge is 0.268 e. The molecule has 1 N–H and O–H groups in total. The van der Waals surface area contributed by atoms with E-state index in [9.17, 15) is 14.7 Å². The molecule has 4 aromatic carbocycles. The molecule has 264 valence electrons. The van der Waals surface area contributed by atoms with Gasteiger partial charge in [0.1, 0.15) is 5.75 Å². The van der Waals surface area contributed by atoms with Crippen LogP contribution in [0.1, 0.15) is 31.7 Å². The van der Waals surface area contributed by atoms with Gasteiger partial charge in [-0.15, -0.1) is 0 Å². The first-order valence-electron chi connectivity index (χ1n) is 17.7. The number of fused-ring (bicyclic) bond motifs is 2. The summed E-state index contributed by atoms with van der Waals surface area (Å²) in [5.41, 5.74) is 1.80. The number of rotatable bonds is 10. The maximum atomic E-state index is 15.3. The first-order chi connectivity index (χ1) is 24.6. The van der Waals surface area contributed by atoms with Crippen LogP contribution in [0.5, 0.6) is 5.75 Å². The largest absolute Gasteiger partial charge is 0.497 e. The molecule has 1 spiro atoms. The lowest BCUT2D eigenvalue weighted by molar-refractivity contribution is -0.149. The minimum atomic E-state index is -2.52. The number of hydrogen-bond donors (Lipinski definition) is 1. The van der Waals surface area contributed by atoms with Crippen LogP contribution in [0, 0.1) is 5.92 Å². The van der Waals surface area contributed by atoms with E-state index in [4.69, 9.17) is 9.47 Å². The molecule has 0 aliphatic carbocycles. The van der Waals surface area contributed by atoms with Gasteiger partial charge in [0.15, 0.2) is 5.60 Å². The second-order valence-electron chi connectivity index (χ2n) is 14.4. The summed E-state index contributed by atoms with van der Waals surface area (Å²) in [4.78, 5) is 47.1. The molecular formula is C41H45N3O6Si. The van der Waals surface area contributed by atoms with Crippen molar-refractivity contribution >= 4 is 54.2 Å². The fourth-order valence-electron chi connectivity index (χ4n) is 8.91. The average molecular weight is 704 g/mol. The van der Waals surface area contributed by atoms with Gasteiger partial charge in [0.2, 0.25) is 12.3 Å². The highest BCUT2D eigenvalue weighted by molar-refractivity contribution is 6.91. The number of likely N-dealkylation sites (tertiary alicyclic amines) is 1. The summed E-state index contributed by atoms with van der Waals surface area (Å²) in [5, 5.41) is 11.2. The Morgan fingerprint density at radius 3 is 2.33 bits per heavy atom. The number of carbonyl (C=O) groups is 3. The molecule has 0 aromatic heterocycles. The standard InChI is InChI=1S/C41H45N3O6Si/c1-28-39(51(3,4)34-20-18-33(49-2)19-21-34)37(25-38(47)42-23-11-16-32(42)26-45)50-41(28)35-24-31(43(27-46)29-12-7-5-8-13-29)17-22-36(35)44(40(41)48)30-14-9-6-10-15-30/h5-10,12-15,17-22,24,27-28,32,37,39,45H,11,16,23,25-26H2,1-4H3/t28-,32-,37+,39-,41+/m0/s1. The van der Waals surface area contributed by atoms with Crippen molar-refractivity contribution < 1.29 is 29.0 Å². The lowest BCUT2D eigenvalue weighted by Crippen LogP contribution is -2.52. The lowest BCUT2D eigenvalue weighted by atomic mass is 9.82. The molecule has 0 saturated carbocycles. The predicted molar refractivity (Wildman–Crippen MR) is 201 cm³/mol. The topological polar surface area (TPSA) is 99.6 Å². The maximum Gasteiger partial charge on any atom is 0.268 e. The number of methoxy groups -OCH3 is 1. The molecule has 3 heterocycles. The number of benzene rings is 4. The van der Waals surface area contributed by atoms with Crippen molar-refractivity contribution in [3.8, 4) is 5.75 Å². The van der Waals surface area contributed by atoms with Crippen LogP contribution in [0.4, 0.5) is 22.7 Å². The van der Waals surface area contributed by atoms with Crippen molar-refractivity contribution in [3.05, 3.63) is 109 Å². The highest BCUT2D eigenvalue weighted by atomic mass is 28.3. The number of aliphatic hydroxyl groups is 1. The van der Waals surface area contributed by atoms with Gasteiger partial charge in [-0.2, -0.15) is 0 Å². The third kappa shape index (κ3) is 5.75. The van der Waals surface area contributed by atoms with E-state index in [1.54, 1.807) is 21.8 Å². The maximum absolute atomic E-state index is 15.3. The van der Waals surface area contributed by atoms with Crippen LogP contribution in [0.2, 0.25) is 18.6 Å². The molecule has 0 unspecified atom stereocenters. The third-order valence-corrected chi connectivity index (χ3v) is 15.8. The second kappa shape index (κ2) is 13.7. The SMILES string of the molecule is COc1ccc([Si](C)(C)[C@@H]2[C@@H](CC(=O)N3CCC[C@H]3CO)O[C@]3(C(=O)N(c4ccccc4)c4ccc(N(C=O)c5ccccc5)cc43)[C@H]2C)cc1. The van der Waals surface area contributed by atoms with Crippen LogP contribution in [0.25, 0.3) is 0 Å². The molecule has 3 aliphatic heterocycles. The van der Waals surface area contributed by atoms with Crippen molar-refractivity contribution in [1.29, 1.82) is 0 Å². The van der Waals surface area contributed by atoms with Gasteiger partial charge in [-0.05, 0) is 73.0 Å². The quantitative estimate of drug-likeness (QED) is 0.155. The number of amides is 3. The van der Waals surface area contributed by atoms with Crippen LogP contribution in [0.3, 0.4) is 0 Å². The van der Waals surface area contributed by atoms with Gasteiger partial charge in [0.25, 0.3) is 5.91 Å². The summed E-state index contributed by atoms with van der Waals surface area (Å²) in [7, 11) is -0.872. The summed E-state index contributed by atoms with van der Waals surface area (Å²) in [6.07, 6.45) is 1.90. The lowest BCUT2D eigenvalue weighted by Gasteiger charge is -2.37. The number of para-hydroxylation sites is 2. The Morgan fingerprint density at radius 1 is 1.00 bits per heavy atom. The Labute approximate surface area is 300 Å². The van der Waals surface area contributed by atoms with Crippen molar-refractivity contribution in [2.45, 2.75) is 62.6 Å². The van der Waals surface area contributed by atoms with Crippen molar-refractivity contribution in [2.24, 2.45) is 5.92 Å². The Morgan fingerprint density at radius 2 is 1.69 bits per heavy atom. The zero-order valence-corrected chi connectivity index (χ0v) is 30.6. The van der Waals surface area contributed by atoms with Crippen molar-refractivity contribution in [2.75, 3.05) is 30.1 Å². The van der Waals surface area contributed by atoms with E-state index in [2.05, 4.69) is 32.2 Å². The second-order valence-corrected chi connectivity index (χ2v) is 19.1. The molecule has 9 nitrogen and oxygen atoms in total. The first kappa shape index (κ1) is 34.7. The molecular weight excluding hydrogens is 659 g/mol. The summed E-state index contributed by atoms with van der Waals surface area (Å²) in [6.45, 7) is 7.18. The highest BCUT2D eigenvalue weighted by Crippen LogP contribution is 2.61. The van der Waals surface area contributed by atoms with Crippen LogP contribution in [0.15, 0.2) is 103 Å². The van der Waals surface area contributed by atoms with E-state index in [0.29, 0.717) is 34.9 Å². The summed E-state index contributed by atoms with van der Waals surface area (Å²) >= 11 is 0. The van der Waals surface area contributed by atoms with E-state index in [0.717, 1.165) is 25.0 Å². The van der Waals surface area contributed by atoms with Gasteiger partial charge in [-0.3, -0.25) is 24.2 Å². The number of nitrogens with zero attached hydrogens (tertiary/aromatic N) is 3. The Bertz CT molecular complexity index is 1910. The third-order valence-electron chi connectivity index (χ3n) is 11.4. The number of aliphatic hydroxyl groups excluding tert-OH is 1. The Hall–Kier alpha value is -4.77. The number of carbonyl (C=O) groups excluding carboxylic acids is 3. The van der Waals surface area contributed by atoms with E-state index in [1.165, 1.54) is 5.19 Å². The fraction of sp³-hybridized carbons (Fsp3) is 0.341. The molecule has 2 saturated heterocycles. The summed E-state index contributed by atoms with van der Waals surface area (Å²) in [6, 6.07) is 32.5. The van der Waals surface area contributed by atoms with Gasteiger partial charge >= 0.3 is 0 Å². The minimum Gasteiger partial charge on any atom is -0.497 e. The van der Waals surface area contributed by atoms with Crippen LogP contribution < -0.4 is 19.7 Å². The zero-order chi connectivity index (χ0) is 35.9. The average Bonchev–Trinajstić information content (AvgIpc) is 3.82. The number of anilines is 4. The molecule has 3 aliphatic rings. The van der Waals surface area contributed by atoms with Gasteiger partial charge in [-0.25, -0.2) is 0 Å². The van der Waals surface area contributed by atoms with E-state index < -0.39 is 19.8 Å². The molecule has 0 bridgehead atoms. The normalized spacial score (nSPS) is 24.2. The number of hydrogen-bond acceptors (Lipinski definition) is 6. The first-order valence-corrected chi connectivity index (χ1v) is 20.8. The van der Waals surface area contributed by atoms with E-state index >= 15 is 4.79 Å². The summed E-state index contributed by atoms with van der Waals surface area (Å²) < 4.78 is 12.7. The Kier molecular flexibility index (Phi) is 9.34. The van der Waals surface area contributed by atoms with Gasteiger partial charge in [0.05, 0.1) is 46.0 Å². The van der Waals surface area contributed by atoms with Crippen molar-refractivity contribution in [3.63, 3.8) is 0 Å². The van der Waals surface area contributed by atoms with E-state index in [1.807, 2.05) is 91.0 Å². The molecule has 7 rings (SSSR count). The zero-order valence-electron chi connectivity index (χ0n) is 29.6. The highest BCUT2D eigenvalue weighted by Gasteiger charge is 2.67. The van der Waals surface area contributed by atoms with Gasteiger partial charge < -0.3 is 19.5 Å². The fourth-order valence-corrected chi connectivity index (χ4v) is 12.9. The molecule has 3 amide bonds. The Balaban J connectivity index is 1.39.